The predicted molar refractivity (Wildman–Crippen MR) is 244 cm³/mol. The second kappa shape index (κ2) is 17.7. The predicted octanol–water partition coefficient (Wildman–Crippen LogP) is 10.2. The summed E-state index contributed by atoms with van der Waals surface area (Å²) in [5, 5.41) is 11.4. The summed E-state index contributed by atoms with van der Waals surface area (Å²) >= 11 is 0. The maximum atomic E-state index is 2.42. The van der Waals surface area contributed by atoms with Gasteiger partial charge >= 0.3 is 0 Å². The van der Waals surface area contributed by atoms with Crippen LogP contribution in [-0.2, 0) is 0 Å². The van der Waals surface area contributed by atoms with Gasteiger partial charge in [0.1, 0.15) is 0 Å². The second-order valence-corrected chi connectivity index (χ2v) is 23.7. The lowest BCUT2D eigenvalue weighted by atomic mass is 10.4. The van der Waals surface area contributed by atoms with E-state index in [4.69, 9.17) is 0 Å². The van der Waals surface area contributed by atoms with Gasteiger partial charge in [0, 0.05) is 0 Å². The van der Waals surface area contributed by atoms with Crippen molar-refractivity contribution < 1.29 is 0 Å². The van der Waals surface area contributed by atoms with Gasteiger partial charge in [-0.2, -0.15) is 0 Å². The molecule has 0 heterocycles. The molecule has 0 saturated carbocycles. The van der Waals surface area contributed by atoms with E-state index in [1.807, 2.05) is 0 Å². The Kier molecular flexibility index (Phi) is 12.0. The number of rotatable bonds is 13. The first kappa shape index (κ1) is 36.5. The normalized spacial score (nSPS) is 11.7. The van der Waals surface area contributed by atoms with Gasteiger partial charge < -0.3 is 0 Å². The van der Waals surface area contributed by atoms with Gasteiger partial charge in [-0.3, -0.25) is 0 Å². The minimum Gasteiger partial charge on any atom is -0.0622 e. The molecule has 0 aliphatic heterocycles. The van der Waals surface area contributed by atoms with Crippen LogP contribution < -0.4 is 42.4 Å². The van der Waals surface area contributed by atoms with E-state index >= 15 is 0 Å². The van der Waals surface area contributed by atoms with E-state index in [2.05, 4.69) is 243 Å². The number of hydrogen-bond donors (Lipinski definition) is 0. The van der Waals surface area contributed by atoms with Crippen molar-refractivity contribution in [3.8, 4) is 0 Å². The fourth-order valence-electron chi connectivity index (χ4n) is 7.42. The third-order valence-electron chi connectivity index (χ3n) is 9.67. The Morgan fingerprint density at radius 2 is 0.389 bits per heavy atom. The molecule has 0 radical (unpaired) electrons. The van der Waals surface area contributed by atoms with Gasteiger partial charge in [-0.1, -0.05) is 243 Å². The molecule has 0 aromatic heterocycles. The summed E-state index contributed by atoms with van der Waals surface area (Å²) in [5.41, 5.74) is 0. The lowest BCUT2D eigenvalue weighted by Crippen LogP contribution is -2.45. The third-order valence-corrected chi connectivity index (χ3v) is 24.2. The molecule has 54 heavy (non-hydrogen) atoms. The fourth-order valence-corrected chi connectivity index (χ4v) is 25.3. The summed E-state index contributed by atoms with van der Waals surface area (Å²) in [4.78, 5) is 0. The van der Waals surface area contributed by atoms with Crippen LogP contribution in [-0.4, -0.2) is 10.8 Å². The average molecular weight is 767 g/mol. The van der Waals surface area contributed by atoms with Crippen molar-refractivity contribution in [2.24, 2.45) is 0 Å². The SMILES string of the molecule is c1ccc(P(CC(P(c2ccccc2)c2ccccc2)(P(c2ccccc2)c2ccccc2)P(c2ccccc2)c2ccccc2)c2ccccc2)cc1. The number of hydrogen-bond acceptors (Lipinski definition) is 0. The lowest BCUT2D eigenvalue weighted by Gasteiger charge is -2.54. The van der Waals surface area contributed by atoms with Crippen molar-refractivity contribution in [2.45, 2.75) is 4.64 Å². The van der Waals surface area contributed by atoms with Crippen LogP contribution in [0, 0.1) is 0 Å². The highest BCUT2D eigenvalue weighted by molar-refractivity contribution is 8.06. The number of benzene rings is 8. The van der Waals surface area contributed by atoms with Crippen LogP contribution in [0.5, 0.6) is 0 Å². The zero-order chi connectivity index (χ0) is 36.4. The average Bonchev–Trinajstić information content (AvgIpc) is 3.26. The van der Waals surface area contributed by atoms with E-state index in [0.29, 0.717) is 0 Å². The maximum absolute atomic E-state index is 2.42. The van der Waals surface area contributed by atoms with E-state index in [1.165, 1.54) is 42.4 Å². The van der Waals surface area contributed by atoms with Crippen LogP contribution in [0.25, 0.3) is 0 Å². The van der Waals surface area contributed by atoms with Gasteiger partial charge in [-0.25, -0.2) is 0 Å². The first-order chi connectivity index (χ1) is 26.8. The molecular weight excluding hydrogens is 724 g/mol. The molecule has 8 aromatic carbocycles. The van der Waals surface area contributed by atoms with E-state index in [-0.39, 0.29) is 4.64 Å². The Morgan fingerprint density at radius 3 is 0.574 bits per heavy atom. The van der Waals surface area contributed by atoms with E-state index in [1.54, 1.807) is 0 Å². The van der Waals surface area contributed by atoms with E-state index in [9.17, 15) is 0 Å². The van der Waals surface area contributed by atoms with Crippen LogP contribution in [0.4, 0.5) is 0 Å². The molecule has 0 amide bonds. The zero-order valence-corrected chi connectivity index (χ0v) is 33.7. The highest BCUT2D eigenvalue weighted by Crippen LogP contribution is 2.80. The van der Waals surface area contributed by atoms with Crippen molar-refractivity contribution in [3.05, 3.63) is 243 Å². The molecule has 0 bridgehead atoms. The Hall–Kier alpha value is -4.52. The molecule has 0 N–H and O–H groups in total. The first-order valence-electron chi connectivity index (χ1n) is 18.4. The molecule has 0 aliphatic carbocycles. The van der Waals surface area contributed by atoms with Gasteiger partial charge in [0.25, 0.3) is 0 Å². The van der Waals surface area contributed by atoms with Crippen molar-refractivity contribution in [1.82, 2.24) is 0 Å². The Bertz CT molecular complexity index is 1930. The summed E-state index contributed by atoms with van der Waals surface area (Å²) < 4.78 is -0.272. The van der Waals surface area contributed by atoms with Crippen LogP contribution >= 0.6 is 31.7 Å². The highest BCUT2D eigenvalue weighted by Gasteiger charge is 2.55. The monoisotopic (exact) mass is 766 g/mol. The first-order valence-corrected chi connectivity index (χ1v) is 24.0. The summed E-state index contributed by atoms with van der Waals surface area (Å²) in [6.45, 7) is 0. The molecule has 8 aromatic rings. The topological polar surface area (TPSA) is 0 Å². The Labute approximate surface area is 326 Å². The molecule has 0 nitrogen and oxygen atoms in total. The Balaban J connectivity index is 1.59. The lowest BCUT2D eigenvalue weighted by molar-refractivity contribution is 1.28. The van der Waals surface area contributed by atoms with Crippen LogP contribution in [0.15, 0.2) is 243 Å². The molecule has 0 fully saturated rings. The smallest absolute Gasteiger partial charge is 0.0590 e. The standard InChI is InChI=1S/C50H42P4/c1-9-25-42(26-10-1)51(43-27-11-2-12-28-43)41-50(52(44-29-13-3-14-30-44)45-31-15-4-16-32-45,53(46-33-17-5-18-34-46)47-35-19-6-20-36-47)54(48-37-21-7-22-38-48)49-39-23-8-24-40-49/h1-40H,41H2. The molecule has 0 spiro atoms. The minimum absolute atomic E-state index is 0.272. The summed E-state index contributed by atoms with van der Waals surface area (Å²) in [5.74, 6) is 0. The van der Waals surface area contributed by atoms with Crippen molar-refractivity contribution >= 4 is 74.1 Å². The highest BCUT2D eigenvalue weighted by atomic mass is 31.2. The molecule has 0 saturated heterocycles. The molecule has 262 valence electrons. The molecule has 0 aliphatic rings. The summed E-state index contributed by atoms with van der Waals surface area (Å²) in [7, 11) is -3.86. The van der Waals surface area contributed by atoms with Gasteiger partial charge in [0.2, 0.25) is 0 Å². The van der Waals surface area contributed by atoms with E-state index < -0.39 is 31.7 Å². The van der Waals surface area contributed by atoms with Gasteiger partial charge in [0.05, 0.1) is 4.64 Å². The molecular formula is C50H42P4. The maximum Gasteiger partial charge on any atom is 0.0590 e. The van der Waals surface area contributed by atoms with Gasteiger partial charge in [0.15, 0.2) is 0 Å². The van der Waals surface area contributed by atoms with Gasteiger partial charge in [-0.15, -0.1) is 0 Å². The van der Waals surface area contributed by atoms with Crippen molar-refractivity contribution in [2.75, 3.05) is 6.16 Å². The summed E-state index contributed by atoms with van der Waals surface area (Å²) in [6.07, 6.45) is 1.01. The van der Waals surface area contributed by atoms with Gasteiger partial charge in [-0.05, 0) is 80.3 Å². The van der Waals surface area contributed by atoms with Crippen LogP contribution in [0.1, 0.15) is 0 Å². The largest absolute Gasteiger partial charge is 0.0622 e. The zero-order valence-electron chi connectivity index (χ0n) is 30.1. The van der Waals surface area contributed by atoms with Crippen molar-refractivity contribution in [3.63, 3.8) is 0 Å². The third kappa shape index (κ3) is 7.83. The van der Waals surface area contributed by atoms with Crippen LogP contribution in [0.2, 0.25) is 0 Å². The fraction of sp³-hybridized carbons (Fsp3) is 0.0400. The van der Waals surface area contributed by atoms with Crippen LogP contribution in [0.3, 0.4) is 0 Å². The quantitative estimate of drug-likeness (QED) is 0.103. The van der Waals surface area contributed by atoms with E-state index in [0.717, 1.165) is 6.16 Å². The second-order valence-electron chi connectivity index (χ2n) is 13.1. The molecule has 0 unspecified atom stereocenters. The minimum atomic E-state index is -1.01. The molecule has 8 rings (SSSR count). The van der Waals surface area contributed by atoms with Crippen molar-refractivity contribution in [1.29, 1.82) is 0 Å². The molecule has 0 atom stereocenters. The summed E-state index contributed by atoms with van der Waals surface area (Å²) in [6, 6.07) is 92.1. The Morgan fingerprint density at radius 1 is 0.222 bits per heavy atom. The molecule has 4 heteroatoms.